The van der Waals surface area contributed by atoms with E-state index in [4.69, 9.17) is 9.15 Å². The van der Waals surface area contributed by atoms with Crippen molar-refractivity contribution in [3.8, 4) is 11.5 Å². The molecule has 30 heavy (non-hydrogen) atoms. The van der Waals surface area contributed by atoms with Gasteiger partial charge in [0.15, 0.2) is 0 Å². The molecule has 0 fully saturated rings. The molecule has 3 aromatic rings. The minimum absolute atomic E-state index is 0.264. The Labute approximate surface area is 175 Å². The van der Waals surface area contributed by atoms with Crippen molar-refractivity contribution < 1.29 is 18.7 Å². The number of urea groups is 1. The van der Waals surface area contributed by atoms with Gasteiger partial charge in [-0.3, -0.25) is 4.79 Å². The highest BCUT2D eigenvalue weighted by Crippen LogP contribution is 2.29. The lowest BCUT2D eigenvalue weighted by molar-refractivity contribution is -0.122. The maximum absolute atomic E-state index is 12.4. The van der Waals surface area contributed by atoms with Crippen molar-refractivity contribution in [3.63, 3.8) is 0 Å². The minimum Gasteiger partial charge on any atom is -0.467 e. The number of carbonyl (C=O) groups is 2. The first kappa shape index (κ1) is 21.0. The molecule has 1 aromatic heterocycles. The van der Waals surface area contributed by atoms with Crippen molar-refractivity contribution in [2.75, 3.05) is 0 Å². The van der Waals surface area contributed by atoms with Crippen molar-refractivity contribution in [2.24, 2.45) is 0 Å². The molecule has 0 saturated carbocycles. The minimum atomic E-state index is -0.706. The van der Waals surface area contributed by atoms with E-state index in [9.17, 15) is 9.59 Å². The average molecular weight is 407 g/mol. The van der Waals surface area contributed by atoms with Crippen molar-refractivity contribution in [1.82, 2.24) is 16.0 Å². The molecule has 2 atom stereocenters. The first-order valence-electron chi connectivity index (χ1n) is 9.72. The second-order valence-corrected chi connectivity index (χ2v) is 6.81. The second-order valence-electron chi connectivity index (χ2n) is 6.81. The number of hydrogen-bond acceptors (Lipinski definition) is 4. The van der Waals surface area contributed by atoms with Gasteiger partial charge in [0.25, 0.3) is 0 Å². The molecular formula is C23H25N3O4. The summed E-state index contributed by atoms with van der Waals surface area (Å²) in [5.41, 5.74) is 0.825. The first-order valence-corrected chi connectivity index (χ1v) is 9.72. The molecule has 0 bridgehead atoms. The standard InChI is InChI=1S/C23H25N3O4/c1-16(20-12-6-7-13-21(20)30-18-9-4-3-5-10-18)25-23(28)26-17(2)22(27)24-15-19-11-8-14-29-19/h3-14,16-17H,15H2,1-2H3,(H,24,27)(H2,25,26,28). The molecule has 3 N–H and O–H groups in total. The molecule has 0 radical (unpaired) electrons. The normalized spacial score (nSPS) is 12.5. The van der Waals surface area contributed by atoms with E-state index in [1.807, 2.05) is 61.5 Å². The summed E-state index contributed by atoms with van der Waals surface area (Å²) >= 11 is 0. The van der Waals surface area contributed by atoms with Gasteiger partial charge in [-0.05, 0) is 44.2 Å². The van der Waals surface area contributed by atoms with E-state index >= 15 is 0 Å². The van der Waals surface area contributed by atoms with Crippen molar-refractivity contribution in [1.29, 1.82) is 0 Å². The summed E-state index contributed by atoms with van der Waals surface area (Å²) in [7, 11) is 0. The fourth-order valence-electron chi connectivity index (χ4n) is 2.87. The van der Waals surface area contributed by atoms with Crippen LogP contribution in [0.1, 0.15) is 31.2 Å². The van der Waals surface area contributed by atoms with E-state index in [1.54, 1.807) is 19.1 Å². The maximum atomic E-state index is 12.4. The lowest BCUT2D eigenvalue weighted by Crippen LogP contribution is -2.48. The van der Waals surface area contributed by atoms with Gasteiger partial charge in [0.2, 0.25) is 5.91 Å². The molecular weight excluding hydrogens is 382 g/mol. The molecule has 0 aliphatic carbocycles. The Morgan fingerprint density at radius 1 is 0.933 bits per heavy atom. The van der Waals surface area contributed by atoms with Crippen LogP contribution < -0.4 is 20.7 Å². The van der Waals surface area contributed by atoms with Crippen molar-refractivity contribution >= 4 is 11.9 Å². The van der Waals surface area contributed by atoms with Crippen LogP contribution >= 0.6 is 0 Å². The summed E-state index contributed by atoms with van der Waals surface area (Å²) in [5.74, 6) is 1.70. The second kappa shape index (κ2) is 10.2. The number of nitrogens with one attached hydrogen (secondary N) is 3. The zero-order chi connectivity index (χ0) is 21.3. The number of para-hydroxylation sites is 2. The Bertz CT molecular complexity index is 958. The summed E-state index contributed by atoms with van der Waals surface area (Å²) < 4.78 is 11.1. The molecule has 0 aliphatic rings. The number of rotatable bonds is 8. The van der Waals surface area contributed by atoms with Gasteiger partial charge in [-0.15, -0.1) is 0 Å². The van der Waals surface area contributed by atoms with E-state index < -0.39 is 12.1 Å². The van der Waals surface area contributed by atoms with Crippen LogP contribution in [0, 0.1) is 0 Å². The molecule has 0 saturated heterocycles. The van der Waals surface area contributed by atoms with E-state index in [0.29, 0.717) is 17.3 Å². The van der Waals surface area contributed by atoms with Crippen molar-refractivity contribution in [2.45, 2.75) is 32.5 Å². The SMILES string of the molecule is CC(NC(=O)NC(C)c1ccccc1Oc1ccccc1)C(=O)NCc1ccco1. The third-order valence-corrected chi connectivity index (χ3v) is 4.46. The lowest BCUT2D eigenvalue weighted by atomic mass is 10.1. The largest absolute Gasteiger partial charge is 0.467 e. The van der Waals surface area contributed by atoms with Gasteiger partial charge < -0.3 is 25.1 Å². The van der Waals surface area contributed by atoms with E-state index in [0.717, 1.165) is 5.56 Å². The summed E-state index contributed by atoms with van der Waals surface area (Å²) in [5, 5.41) is 8.21. The molecule has 2 aromatic carbocycles. The Hall–Kier alpha value is -3.74. The van der Waals surface area contributed by atoms with E-state index in [1.165, 1.54) is 6.26 Å². The van der Waals surface area contributed by atoms with Crippen LogP contribution in [0.15, 0.2) is 77.4 Å². The summed E-state index contributed by atoms with van der Waals surface area (Å²) in [6.07, 6.45) is 1.54. The number of hydrogen-bond donors (Lipinski definition) is 3. The van der Waals surface area contributed by atoms with Crippen LogP contribution in [-0.2, 0) is 11.3 Å². The molecule has 0 aliphatic heterocycles. The highest BCUT2D eigenvalue weighted by atomic mass is 16.5. The molecule has 2 unspecified atom stereocenters. The maximum Gasteiger partial charge on any atom is 0.315 e. The van der Waals surface area contributed by atoms with Crippen LogP contribution in [0.2, 0.25) is 0 Å². The predicted molar refractivity (Wildman–Crippen MR) is 113 cm³/mol. The number of ether oxygens (including phenoxy) is 1. The molecule has 3 amide bonds. The third-order valence-electron chi connectivity index (χ3n) is 4.46. The molecule has 7 nitrogen and oxygen atoms in total. The summed E-state index contributed by atoms with van der Waals surface area (Å²) in [6.45, 7) is 3.74. The number of furan rings is 1. The van der Waals surface area contributed by atoms with Gasteiger partial charge in [-0.2, -0.15) is 0 Å². The van der Waals surface area contributed by atoms with Crippen LogP contribution in [0.4, 0.5) is 4.79 Å². The highest BCUT2D eigenvalue weighted by molar-refractivity contribution is 5.86. The zero-order valence-electron chi connectivity index (χ0n) is 16.9. The topological polar surface area (TPSA) is 92.6 Å². The Morgan fingerprint density at radius 3 is 2.40 bits per heavy atom. The van der Waals surface area contributed by atoms with Crippen molar-refractivity contribution in [3.05, 3.63) is 84.3 Å². The molecule has 156 valence electrons. The van der Waals surface area contributed by atoms with Gasteiger partial charge >= 0.3 is 6.03 Å². The molecule has 7 heteroatoms. The van der Waals surface area contributed by atoms with Gasteiger partial charge in [-0.1, -0.05) is 36.4 Å². The van der Waals surface area contributed by atoms with Crippen LogP contribution in [0.5, 0.6) is 11.5 Å². The summed E-state index contributed by atoms with van der Waals surface area (Å²) in [6, 6.07) is 19.0. The fourth-order valence-corrected chi connectivity index (χ4v) is 2.87. The Balaban J connectivity index is 1.54. The summed E-state index contributed by atoms with van der Waals surface area (Å²) in [4.78, 5) is 24.6. The van der Waals surface area contributed by atoms with E-state index in [-0.39, 0.29) is 18.5 Å². The average Bonchev–Trinajstić information content (AvgIpc) is 3.26. The molecule has 1 heterocycles. The van der Waals surface area contributed by atoms with Gasteiger partial charge in [-0.25, -0.2) is 4.79 Å². The van der Waals surface area contributed by atoms with Gasteiger partial charge in [0, 0.05) is 5.56 Å². The third kappa shape index (κ3) is 5.88. The number of amides is 3. The smallest absolute Gasteiger partial charge is 0.315 e. The number of benzene rings is 2. The Morgan fingerprint density at radius 2 is 1.67 bits per heavy atom. The zero-order valence-corrected chi connectivity index (χ0v) is 16.9. The predicted octanol–water partition coefficient (Wildman–Crippen LogP) is 4.14. The molecule has 0 spiro atoms. The molecule has 3 rings (SSSR count). The van der Waals surface area contributed by atoms with Crippen LogP contribution in [0.3, 0.4) is 0 Å². The van der Waals surface area contributed by atoms with Gasteiger partial charge in [0.05, 0.1) is 18.8 Å². The number of carbonyl (C=O) groups excluding carboxylic acids is 2. The van der Waals surface area contributed by atoms with Crippen LogP contribution in [-0.4, -0.2) is 18.0 Å². The lowest BCUT2D eigenvalue weighted by Gasteiger charge is -2.20. The fraction of sp³-hybridized carbons (Fsp3) is 0.217. The Kier molecular flexibility index (Phi) is 7.10. The monoisotopic (exact) mass is 407 g/mol. The highest BCUT2D eigenvalue weighted by Gasteiger charge is 2.19. The van der Waals surface area contributed by atoms with Gasteiger partial charge in [0.1, 0.15) is 23.3 Å². The van der Waals surface area contributed by atoms with Crippen LogP contribution in [0.25, 0.3) is 0 Å². The van der Waals surface area contributed by atoms with E-state index in [2.05, 4.69) is 16.0 Å². The first-order chi connectivity index (χ1) is 14.5. The quantitative estimate of drug-likeness (QED) is 0.523.